The van der Waals surface area contributed by atoms with Crippen LogP contribution in [-0.4, -0.2) is 35.7 Å². The Balaban J connectivity index is 1.59. The van der Waals surface area contributed by atoms with Crippen LogP contribution in [0.2, 0.25) is 0 Å². The number of hydrogen-bond donors (Lipinski definition) is 1. The van der Waals surface area contributed by atoms with E-state index in [0.717, 1.165) is 43.8 Å². The van der Waals surface area contributed by atoms with Gasteiger partial charge in [0.1, 0.15) is 16.3 Å². The summed E-state index contributed by atoms with van der Waals surface area (Å²) in [4.78, 5) is 32.0. The van der Waals surface area contributed by atoms with E-state index >= 15 is 0 Å². The number of methoxy groups -OCH3 is 1. The number of aliphatic imine (C=N–C) groups is 1. The number of aryl methyl sites for hydroxylation is 3. The fraction of sp³-hybridized carbons (Fsp3) is 0.194. The zero-order valence-corrected chi connectivity index (χ0v) is 23.3. The quantitative estimate of drug-likeness (QED) is 0.180. The smallest absolute Gasteiger partial charge is 0.341 e. The van der Waals surface area contributed by atoms with Gasteiger partial charge >= 0.3 is 5.97 Å². The molecule has 2 heterocycles. The van der Waals surface area contributed by atoms with Gasteiger partial charge in [-0.25, -0.2) is 14.5 Å². The molecule has 0 atom stereocenters. The number of esters is 1. The predicted octanol–water partition coefficient (Wildman–Crippen LogP) is 6.91. The maximum atomic E-state index is 13.2. The minimum Gasteiger partial charge on any atom is -0.497 e. The number of carbonyl (C=O) groups is 1. The molecule has 39 heavy (non-hydrogen) atoms. The van der Waals surface area contributed by atoms with Crippen LogP contribution in [0, 0.1) is 20.8 Å². The third-order valence-corrected chi connectivity index (χ3v) is 7.61. The van der Waals surface area contributed by atoms with E-state index in [1.807, 2.05) is 75.4 Å². The number of benzene rings is 3. The fourth-order valence-corrected chi connectivity index (χ4v) is 5.58. The molecule has 0 aliphatic carbocycles. The highest BCUT2D eigenvalue weighted by Crippen LogP contribution is 2.42. The van der Waals surface area contributed by atoms with Gasteiger partial charge in [0.25, 0.3) is 5.56 Å². The zero-order chi connectivity index (χ0) is 27.7. The first kappa shape index (κ1) is 26.2. The van der Waals surface area contributed by atoms with Crippen molar-refractivity contribution in [3.63, 3.8) is 0 Å². The molecule has 0 bridgehead atoms. The van der Waals surface area contributed by atoms with Crippen LogP contribution in [-0.2, 0) is 4.74 Å². The van der Waals surface area contributed by atoms with Gasteiger partial charge in [-0.1, -0.05) is 35.9 Å². The van der Waals surface area contributed by atoms with E-state index in [1.54, 1.807) is 14.0 Å². The lowest BCUT2D eigenvalue weighted by Crippen LogP contribution is -2.17. The molecule has 8 heteroatoms. The average Bonchev–Trinajstić information content (AvgIpc) is 3.42. The van der Waals surface area contributed by atoms with E-state index in [4.69, 9.17) is 9.47 Å². The summed E-state index contributed by atoms with van der Waals surface area (Å²) in [6, 6.07) is 19.6. The summed E-state index contributed by atoms with van der Waals surface area (Å²) >= 11 is 1.40. The van der Waals surface area contributed by atoms with Crippen LogP contribution in [0.25, 0.3) is 27.6 Å². The summed E-state index contributed by atoms with van der Waals surface area (Å²) in [6.45, 7) is 7.81. The lowest BCUT2D eigenvalue weighted by atomic mass is 9.98. The van der Waals surface area contributed by atoms with Crippen LogP contribution in [0.3, 0.4) is 0 Å². The third-order valence-electron chi connectivity index (χ3n) is 6.60. The first-order chi connectivity index (χ1) is 18.8. The molecule has 5 aromatic rings. The van der Waals surface area contributed by atoms with Gasteiger partial charge in [-0.2, -0.15) is 0 Å². The van der Waals surface area contributed by atoms with Gasteiger partial charge in [-0.05, 0) is 74.4 Å². The molecule has 2 aromatic heterocycles. The molecule has 0 saturated heterocycles. The summed E-state index contributed by atoms with van der Waals surface area (Å²) in [5, 5.41) is 5.69. The molecule has 0 aliphatic heterocycles. The Hall–Kier alpha value is -4.43. The Morgan fingerprint density at radius 3 is 2.46 bits per heavy atom. The normalized spacial score (nSPS) is 11.4. The van der Waals surface area contributed by atoms with Gasteiger partial charge in [-0.3, -0.25) is 9.89 Å². The fourth-order valence-electron chi connectivity index (χ4n) is 4.58. The molecule has 5 rings (SSSR count). The van der Waals surface area contributed by atoms with Crippen molar-refractivity contribution in [2.24, 2.45) is 4.99 Å². The number of aromatic nitrogens is 2. The number of rotatable bonds is 7. The van der Waals surface area contributed by atoms with E-state index in [1.165, 1.54) is 22.2 Å². The number of H-pyrrole nitrogens is 1. The summed E-state index contributed by atoms with van der Waals surface area (Å²) in [6.07, 6.45) is 1.53. The third kappa shape index (κ3) is 5.03. The molecule has 0 spiro atoms. The van der Waals surface area contributed by atoms with Crippen LogP contribution in [0.4, 0.5) is 5.00 Å². The van der Waals surface area contributed by atoms with Crippen molar-refractivity contribution in [2.75, 3.05) is 13.7 Å². The molecule has 0 saturated carbocycles. The standard InChI is InChI=1S/C31H29N3O4S/c1-6-38-31(36)28-27(23-10-9-22-16-25(37-5)14-11-21(22)15-23)20(4)39-29(28)32-17-26-19(3)33-34(30(26)35)24-12-7-18(2)8-13-24/h7-17,33H,6H2,1-5H3. The second kappa shape index (κ2) is 10.7. The Labute approximate surface area is 230 Å². The van der Waals surface area contributed by atoms with Crippen molar-refractivity contribution in [3.8, 4) is 22.6 Å². The zero-order valence-electron chi connectivity index (χ0n) is 22.5. The topological polar surface area (TPSA) is 85.7 Å². The highest BCUT2D eigenvalue weighted by Gasteiger charge is 2.24. The average molecular weight is 540 g/mol. The van der Waals surface area contributed by atoms with E-state index in [0.29, 0.717) is 21.8 Å². The lowest BCUT2D eigenvalue weighted by Gasteiger charge is -2.09. The van der Waals surface area contributed by atoms with Crippen molar-refractivity contribution < 1.29 is 14.3 Å². The number of fused-ring (bicyclic) bond motifs is 1. The Bertz CT molecular complexity index is 1770. The number of carbonyl (C=O) groups excluding carboxylic acids is 1. The van der Waals surface area contributed by atoms with Gasteiger partial charge < -0.3 is 9.47 Å². The molecule has 3 aromatic carbocycles. The van der Waals surface area contributed by atoms with Gasteiger partial charge in [0, 0.05) is 22.3 Å². The number of ether oxygens (including phenoxy) is 2. The number of hydrogen-bond acceptors (Lipinski definition) is 6. The largest absolute Gasteiger partial charge is 0.497 e. The van der Waals surface area contributed by atoms with Crippen molar-refractivity contribution in [1.29, 1.82) is 0 Å². The molecule has 1 N–H and O–H groups in total. The Kier molecular flexibility index (Phi) is 7.21. The maximum absolute atomic E-state index is 13.2. The van der Waals surface area contributed by atoms with Crippen molar-refractivity contribution in [1.82, 2.24) is 9.78 Å². The van der Waals surface area contributed by atoms with Gasteiger partial charge in [0.05, 0.1) is 25.0 Å². The van der Waals surface area contributed by atoms with Gasteiger partial charge in [0.15, 0.2) is 0 Å². The number of aromatic amines is 1. The van der Waals surface area contributed by atoms with Crippen LogP contribution in [0.5, 0.6) is 5.75 Å². The van der Waals surface area contributed by atoms with Gasteiger partial charge in [0.2, 0.25) is 0 Å². The van der Waals surface area contributed by atoms with Crippen molar-refractivity contribution >= 4 is 39.3 Å². The molecule has 7 nitrogen and oxygen atoms in total. The minimum absolute atomic E-state index is 0.212. The first-order valence-electron chi connectivity index (χ1n) is 12.6. The summed E-state index contributed by atoms with van der Waals surface area (Å²) < 4.78 is 12.3. The molecule has 0 amide bonds. The monoisotopic (exact) mass is 539 g/mol. The second-order valence-corrected chi connectivity index (χ2v) is 10.4. The van der Waals surface area contributed by atoms with E-state index < -0.39 is 5.97 Å². The Morgan fingerprint density at radius 2 is 1.74 bits per heavy atom. The maximum Gasteiger partial charge on any atom is 0.341 e. The van der Waals surface area contributed by atoms with Crippen LogP contribution in [0.15, 0.2) is 70.5 Å². The SMILES string of the molecule is CCOC(=O)c1c(N=Cc2c(C)[nH]n(-c3ccc(C)cc3)c2=O)sc(C)c1-c1ccc2cc(OC)ccc2c1. The van der Waals surface area contributed by atoms with Gasteiger partial charge in [-0.15, -0.1) is 11.3 Å². The Morgan fingerprint density at radius 1 is 1.03 bits per heavy atom. The molecular formula is C31H29N3O4S. The van der Waals surface area contributed by atoms with E-state index in [-0.39, 0.29) is 12.2 Å². The van der Waals surface area contributed by atoms with Crippen molar-refractivity contribution in [3.05, 3.63) is 98.3 Å². The highest BCUT2D eigenvalue weighted by atomic mass is 32.1. The summed E-state index contributed by atoms with van der Waals surface area (Å²) in [5.41, 5.74) is 4.82. The van der Waals surface area contributed by atoms with E-state index in [2.05, 4.69) is 16.2 Å². The molecule has 0 unspecified atom stereocenters. The summed E-state index contributed by atoms with van der Waals surface area (Å²) in [7, 11) is 1.64. The number of thiophene rings is 1. The lowest BCUT2D eigenvalue weighted by molar-refractivity contribution is 0.0528. The minimum atomic E-state index is -0.443. The first-order valence-corrected chi connectivity index (χ1v) is 13.4. The molecule has 198 valence electrons. The molecule has 0 aliphatic rings. The molecule has 0 fully saturated rings. The van der Waals surface area contributed by atoms with Crippen LogP contribution >= 0.6 is 11.3 Å². The van der Waals surface area contributed by atoms with Crippen LogP contribution in [0.1, 0.15) is 39.0 Å². The molecular weight excluding hydrogens is 510 g/mol. The highest BCUT2D eigenvalue weighted by molar-refractivity contribution is 7.16. The van der Waals surface area contributed by atoms with E-state index in [9.17, 15) is 9.59 Å². The second-order valence-electron chi connectivity index (χ2n) is 9.25. The van der Waals surface area contributed by atoms with Crippen LogP contribution < -0.4 is 10.3 Å². The number of nitrogens with zero attached hydrogens (tertiary/aromatic N) is 2. The predicted molar refractivity (Wildman–Crippen MR) is 158 cm³/mol. The number of nitrogens with one attached hydrogen (secondary N) is 1. The molecule has 0 radical (unpaired) electrons. The summed E-state index contributed by atoms with van der Waals surface area (Å²) in [5.74, 6) is 0.342. The van der Waals surface area contributed by atoms with Crippen molar-refractivity contribution in [2.45, 2.75) is 27.7 Å².